The summed E-state index contributed by atoms with van der Waals surface area (Å²) in [5, 5.41) is 2.95. The van der Waals surface area contributed by atoms with Crippen LogP contribution in [-0.2, 0) is 16.5 Å². The number of rotatable bonds is 7. The molecule has 1 aliphatic heterocycles. The van der Waals surface area contributed by atoms with Crippen LogP contribution in [0.15, 0.2) is 0 Å². The molecule has 1 saturated heterocycles. The molecule has 0 radical (unpaired) electrons. The first kappa shape index (κ1) is 24.9. The van der Waals surface area contributed by atoms with Gasteiger partial charge in [0.15, 0.2) is 5.78 Å². The maximum absolute atomic E-state index is 13.3. The summed E-state index contributed by atoms with van der Waals surface area (Å²) < 4.78 is 11.9. The number of morpholine rings is 1. The molecule has 2 heterocycles. The average molecular weight is 437 g/mol. The molecule has 174 valence electrons. The van der Waals surface area contributed by atoms with Crippen molar-refractivity contribution < 1.29 is 23.9 Å². The highest BCUT2D eigenvalue weighted by molar-refractivity contribution is 6.04. The van der Waals surface area contributed by atoms with Crippen LogP contribution < -0.4 is 5.32 Å². The number of amides is 2. The van der Waals surface area contributed by atoms with E-state index in [1.807, 2.05) is 20.8 Å². The summed E-state index contributed by atoms with van der Waals surface area (Å²) in [7, 11) is 3.05. The Bertz CT molecular complexity index is 819. The number of nitrogens with zero attached hydrogens (tertiary/aromatic N) is 3. The fourth-order valence-electron chi connectivity index (χ4n) is 3.77. The van der Waals surface area contributed by atoms with Crippen LogP contribution in [0, 0.1) is 13.8 Å². The Labute approximate surface area is 184 Å². The van der Waals surface area contributed by atoms with Crippen LogP contribution in [0.3, 0.4) is 0 Å². The number of carbonyl (C=O) groups excluding carboxylic acids is 3. The van der Waals surface area contributed by atoms with Crippen molar-refractivity contribution in [1.82, 2.24) is 19.7 Å². The molecule has 0 aromatic carbocycles. The third-order valence-corrected chi connectivity index (χ3v) is 5.48. The van der Waals surface area contributed by atoms with Crippen LogP contribution in [0.2, 0.25) is 0 Å². The minimum absolute atomic E-state index is 0.0709. The van der Waals surface area contributed by atoms with Gasteiger partial charge in [0.1, 0.15) is 5.69 Å². The zero-order valence-electron chi connectivity index (χ0n) is 19.8. The van der Waals surface area contributed by atoms with Crippen molar-refractivity contribution in [3.63, 3.8) is 0 Å². The minimum atomic E-state index is -0.489. The maximum Gasteiger partial charge on any atom is 0.354 e. The summed E-state index contributed by atoms with van der Waals surface area (Å²) in [5.74, 6) is -0.691. The lowest BCUT2D eigenvalue weighted by atomic mass is 10.1. The summed E-state index contributed by atoms with van der Waals surface area (Å²) in [4.78, 5) is 42.1. The van der Waals surface area contributed by atoms with Crippen molar-refractivity contribution >= 4 is 17.8 Å². The molecule has 0 unspecified atom stereocenters. The molecule has 0 aliphatic carbocycles. The van der Waals surface area contributed by atoms with Crippen molar-refractivity contribution in [3.8, 4) is 0 Å². The van der Waals surface area contributed by atoms with E-state index in [0.717, 1.165) is 13.1 Å². The SMILES string of the molecule is COC(=O)c1c(C)c(C(=O)CN(CCN2CCOCC2)C(=O)NC(C)(C)C)c(C)n1C. The van der Waals surface area contributed by atoms with Crippen LogP contribution >= 0.6 is 0 Å². The van der Waals surface area contributed by atoms with E-state index < -0.39 is 11.5 Å². The van der Waals surface area contributed by atoms with E-state index in [4.69, 9.17) is 9.47 Å². The topological polar surface area (TPSA) is 93.1 Å². The van der Waals surface area contributed by atoms with Crippen molar-refractivity contribution in [3.05, 3.63) is 22.5 Å². The van der Waals surface area contributed by atoms with E-state index in [9.17, 15) is 14.4 Å². The molecule has 9 nitrogen and oxygen atoms in total. The number of urea groups is 1. The number of ether oxygens (including phenoxy) is 2. The second-order valence-corrected chi connectivity index (χ2v) is 8.96. The number of carbonyl (C=O) groups is 3. The van der Waals surface area contributed by atoms with Gasteiger partial charge in [0.05, 0.1) is 26.9 Å². The lowest BCUT2D eigenvalue weighted by Crippen LogP contribution is -2.52. The highest BCUT2D eigenvalue weighted by Gasteiger charge is 2.28. The molecular formula is C22H36N4O5. The summed E-state index contributed by atoms with van der Waals surface area (Å²) in [6, 6.07) is -0.284. The number of hydrogen-bond donors (Lipinski definition) is 1. The average Bonchev–Trinajstić information content (AvgIpc) is 2.92. The molecule has 31 heavy (non-hydrogen) atoms. The van der Waals surface area contributed by atoms with E-state index in [1.165, 1.54) is 7.11 Å². The van der Waals surface area contributed by atoms with E-state index in [-0.39, 0.29) is 18.4 Å². The standard InChI is InChI=1S/C22H36N4O5/c1-15-18(16(2)24(6)19(15)20(28)30-7)17(27)14-26(21(29)23-22(3,4)5)9-8-25-10-12-31-13-11-25/h8-14H2,1-7H3,(H,23,29). The van der Waals surface area contributed by atoms with Gasteiger partial charge >= 0.3 is 12.0 Å². The Morgan fingerprint density at radius 2 is 1.77 bits per heavy atom. The molecule has 1 aliphatic rings. The van der Waals surface area contributed by atoms with Gasteiger partial charge in [-0.05, 0) is 40.2 Å². The van der Waals surface area contributed by atoms with E-state index in [0.29, 0.717) is 48.8 Å². The molecule has 2 amide bonds. The number of nitrogens with one attached hydrogen (secondary N) is 1. The smallest absolute Gasteiger partial charge is 0.354 e. The number of methoxy groups -OCH3 is 1. The maximum atomic E-state index is 13.3. The van der Waals surface area contributed by atoms with Crippen LogP contribution in [-0.4, -0.2) is 90.7 Å². The first-order valence-electron chi connectivity index (χ1n) is 10.6. The third-order valence-electron chi connectivity index (χ3n) is 5.48. The van der Waals surface area contributed by atoms with Gasteiger partial charge in [-0.25, -0.2) is 9.59 Å². The second-order valence-electron chi connectivity index (χ2n) is 8.96. The zero-order chi connectivity index (χ0) is 23.3. The summed E-state index contributed by atoms with van der Waals surface area (Å²) in [5.41, 5.74) is 1.63. The monoisotopic (exact) mass is 436 g/mol. The van der Waals surface area contributed by atoms with Crippen molar-refractivity contribution in [2.75, 3.05) is 53.0 Å². The molecule has 1 N–H and O–H groups in total. The van der Waals surface area contributed by atoms with Crippen LogP contribution in [0.4, 0.5) is 4.79 Å². The second kappa shape index (κ2) is 10.3. The quantitative estimate of drug-likeness (QED) is 0.517. The zero-order valence-corrected chi connectivity index (χ0v) is 19.8. The molecule has 0 spiro atoms. The highest BCUT2D eigenvalue weighted by Crippen LogP contribution is 2.23. The predicted octanol–water partition coefficient (Wildman–Crippen LogP) is 1.75. The number of hydrogen-bond acceptors (Lipinski definition) is 6. The molecule has 1 aromatic heterocycles. The third kappa shape index (κ3) is 6.30. The molecule has 0 saturated carbocycles. The Morgan fingerprint density at radius 1 is 1.16 bits per heavy atom. The van der Waals surface area contributed by atoms with Crippen molar-refractivity contribution in [2.45, 2.75) is 40.2 Å². The van der Waals surface area contributed by atoms with Gasteiger partial charge in [-0.15, -0.1) is 0 Å². The first-order chi connectivity index (χ1) is 14.5. The summed E-state index contributed by atoms with van der Waals surface area (Å²) in [6.07, 6.45) is 0. The molecule has 9 heteroatoms. The van der Waals surface area contributed by atoms with Gasteiger partial charge in [-0.1, -0.05) is 0 Å². The lowest BCUT2D eigenvalue weighted by molar-refractivity contribution is 0.0347. The Morgan fingerprint density at radius 3 is 2.32 bits per heavy atom. The summed E-state index contributed by atoms with van der Waals surface area (Å²) in [6.45, 7) is 13.2. The van der Waals surface area contributed by atoms with Crippen molar-refractivity contribution in [1.29, 1.82) is 0 Å². The van der Waals surface area contributed by atoms with Crippen LogP contribution in [0.25, 0.3) is 0 Å². The normalized spacial score (nSPS) is 14.9. The van der Waals surface area contributed by atoms with E-state index in [1.54, 1.807) is 30.4 Å². The Kier molecular flexibility index (Phi) is 8.25. The predicted molar refractivity (Wildman–Crippen MR) is 118 cm³/mol. The number of esters is 1. The van der Waals surface area contributed by atoms with Crippen LogP contribution in [0.5, 0.6) is 0 Å². The number of ketones is 1. The molecule has 2 rings (SSSR count). The lowest BCUT2D eigenvalue weighted by Gasteiger charge is -2.32. The van der Waals surface area contributed by atoms with Crippen molar-refractivity contribution in [2.24, 2.45) is 7.05 Å². The first-order valence-corrected chi connectivity index (χ1v) is 10.6. The van der Waals surface area contributed by atoms with Gasteiger partial charge < -0.3 is 24.3 Å². The van der Waals surface area contributed by atoms with Gasteiger partial charge in [0.25, 0.3) is 0 Å². The molecular weight excluding hydrogens is 400 g/mol. The van der Waals surface area contributed by atoms with Crippen LogP contribution in [0.1, 0.15) is 52.9 Å². The largest absolute Gasteiger partial charge is 0.464 e. The highest BCUT2D eigenvalue weighted by atomic mass is 16.5. The molecule has 0 bridgehead atoms. The Hall–Kier alpha value is -2.39. The van der Waals surface area contributed by atoms with Gasteiger partial charge in [-0.2, -0.15) is 0 Å². The number of aromatic nitrogens is 1. The minimum Gasteiger partial charge on any atom is -0.464 e. The van der Waals surface area contributed by atoms with Gasteiger partial charge in [-0.3, -0.25) is 9.69 Å². The van der Waals surface area contributed by atoms with E-state index in [2.05, 4.69) is 10.2 Å². The number of Topliss-reactive ketones (excluding diaryl/α,β-unsaturated/α-hetero) is 1. The van der Waals surface area contributed by atoms with E-state index >= 15 is 0 Å². The summed E-state index contributed by atoms with van der Waals surface area (Å²) >= 11 is 0. The van der Waals surface area contributed by atoms with Gasteiger partial charge in [0, 0.05) is 50.0 Å². The fourth-order valence-corrected chi connectivity index (χ4v) is 3.77. The Balaban J connectivity index is 2.23. The molecule has 0 atom stereocenters. The van der Waals surface area contributed by atoms with Gasteiger partial charge in [0.2, 0.25) is 0 Å². The molecule has 1 fully saturated rings. The fraction of sp³-hybridized carbons (Fsp3) is 0.682. The molecule has 1 aromatic rings.